The van der Waals surface area contributed by atoms with Crippen molar-refractivity contribution in [2.75, 3.05) is 37.8 Å². The van der Waals surface area contributed by atoms with Gasteiger partial charge in [-0.2, -0.15) is 0 Å². The van der Waals surface area contributed by atoms with E-state index in [1.54, 1.807) is 19.1 Å². The second kappa shape index (κ2) is 10.7. The molecule has 0 aromatic heterocycles. The highest BCUT2D eigenvalue weighted by molar-refractivity contribution is 7.92. The molecule has 0 saturated carbocycles. The third-order valence-electron chi connectivity index (χ3n) is 4.77. The summed E-state index contributed by atoms with van der Waals surface area (Å²) >= 11 is 6.13. The molecule has 0 spiro atoms. The van der Waals surface area contributed by atoms with Gasteiger partial charge in [0.15, 0.2) is 0 Å². The summed E-state index contributed by atoms with van der Waals surface area (Å²) in [7, 11) is -4.39. The molecule has 2 aromatic carbocycles. The number of anilines is 1. The van der Waals surface area contributed by atoms with Crippen LogP contribution in [0.2, 0.25) is 5.02 Å². The van der Waals surface area contributed by atoms with Crippen LogP contribution in [-0.2, 0) is 24.8 Å². The second-order valence-corrected chi connectivity index (χ2v) is 12.0. The van der Waals surface area contributed by atoms with E-state index in [0.29, 0.717) is 16.5 Å². The van der Waals surface area contributed by atoms with Crippen LogP contribution >= 0.6 is 11.6 Å². The molecule has 0 heterocycles. The van der Waals surface area contributed by atoms with Crippen molar-refractivity contribution in [3.63, 3.8) is 0 Å². The number of sulfonamides is 2. The minimum atomic E-state index is -3.76. The minimum Gasteiger partial charge on any atom is -0.492 e. The molecular formula is C21H28ClN3O6S2. The van der Waals surface area contributed by atoms with Crippen LogP contribution in [0.4, 0.5) is 5.69 Å². The first-order valence-corrected chi connectivity index (χ1v) is 13.6. The average molecular weight is 518 g/mol. The predicted molar refractivity (Wildman–Crippen MR) is 129 cm³/mol. The number of aryl methyl sites for hydroxylation is 1. The summed E-state index contributed by atoms with van der Waals surface area (Å²) in [6.07, 6.45) is 1.02. The molecule has 1 N–H and O–H groups in total. The zero-order valence-corrected chi connectivity index (χ0v) is 21.5. The van der Waals surface area contributed by atoms with Crippen LogP contribution in [0.25, 0.3) is 0 Å². The fourth-order valence-electron chi connectivity index (χ4n) is 2.94. The summed E-state index contributed by atoms with van der Waals surface area (Å²) in [5.74, 6) is -0.0739. The summed E-state index contributed by atoms with van der Waals surface area (Å²) in [5, 5.41) is 3.04. The molecule has 0 bridgehead atoms. The number of amides is 1. The van der Waals surface area contributed by atoms with Crippen LogP contribution in [0.5, 0.6) is 5.75 Å². The van der Waals surface area contributed by atoms with Gasteiger partial charge >= 0.3 is 0 Å². The Labute approximate surface area is 200 Å². The Kier molecular flexibility index (Phi) is 8.75. The van der Waals surface area contributed by atoms with E-state index in [2.05, 4.69) is 5.32 Å². The van der Waals surface area contributed by atoms with Gasteiger partial charge in [-0.15, -0.1) is 0 Å². The molecule has 0 aliphatic rings. The summed E-state index contributed by atoms with van der Waals surface area (Å²) in [5.41, 5.74) is 1.08. The van der Waals surface area contributed by atoms with Crippen molar-refractivity contribution in [3.05, 3.63) is 53.1 Å². The Morgan fingerprint density at radius 1 is 1.09 bits per heavy atom. The Morgan fingerprint density at radius 2 is 1.70 bits per heavy atom. The third kappa shape index (κ3) is 6.83. The molecule has 1 amide bonds. The zero-order chi connectivity index (χ0) is 25.0. The van der Waals surface area contributed by atoms with Gasteiger partial charge < -0.3 is 10.1 Å². The fraction of sp³-hybridized carbons (Fsp3) is 0.381. The van der Waals surface area contributed by atoms with Crippen LogP contribution in [0.1, 0.15) is 12.5 Å². The number of carbonyl (C=O) groups is 1. The van der Waals surface area contributed by atoms with Gasteiger partial charge in [-0.05, 0) is 55.8 Å². The molecule has 0 radical (unpaired) electrons. The lowest BCUT2D eigenvalue weighted by atomic mass is 10.2. The molecule has 9 nitrogen and oxygen atoms in total. The number of hydrogen-bond acceptors (Lipinski definition) is 6. The van der Waals surface area contributed by atoms with Crippen LogP contribution in [0.3, 0.4) is 0 Å². The molecule has 182 valence electrons. The quantitative estimate of drug-likeness (QED) is 0.484. The van der Waals surface area contributed by atoms with E-state index in [-0.39, 0.29) is 18.0 Å². The normalized spacial score (nSPS) is 12.9. The lowest BCUT2D eigenvalue weighted by Gasteiger charge is -2.28. The lowest BCUT2D eigenvalue weighted by Crippen LogP contribution is -2.48. The first-order valence-electron chi connectivity index (χ1n) is 9.94. The van der Waals surface area contributed by atoms with E-state index >= 15 is 0 Å². The molecule has 0 fully saturated rings. The lowest BCUT2D eigenvalue weighted by molar-refractivity contribution is -0.121. The molecule has 0 aliphatic heterocycles. The fourth-order valence-corrected chi connectivity index (χ4v) is 5.18. The highest BCUT2D eigenvalue weighted by Gasteiger charge is 2.29. The first-order chi connectivity index (χ1) is 15.2. The van der Waals surface area contributed by atoms with Crippen molar-refractivity contribution < 1.29 is 26.4 Å². The van der Waals surface area contributed by atoms with Crippen molar-refractivity contribution in [1.82, 2.24) is 9.62 Å². The SMILES string of the molecule is Cc1ccc(N([C@@H](C)C(=O)NCCOc2ccc(S(=O)(=O)N(C)C)cc2)S(C)(=O)=O)cc1Cl. The van der Waals surface area contributed by atoms with E-state index < -0.39 is 32.0 Å². The van der Waals surface area contributed by atoms with E-state index in [1.807, 2.05) is 0 Å². The maximum atomic E-state index is 12.6. The largest absolute Gasteiger partial charge is 0.492 e. The first kappa shape index (κ1) is 26.9. The summed E-state index contributed by atoms with van der Waals surface area (Å²) in [6.45, 7) is 3.50. The number of rotatable bonds is 10. The van der Waals surface area contributed by atoms with Crippen LogP contribution in [-0.4, -0.2) is 66.6 Å². The summed E-state index contributed by atoms with van der Waals surface area (Å²) in [6, 6.07) is 9.67. The Morgan fingerprint density at radius 3 is 2.21 bits per heavy atom. The van der Waals surface area contributed by atoms with Crippen molar-refractivity contribution in [2.45, 2.75) is 24.8 Å². The monoisotopic (exact) mass is 517 g/mol. The Bertz CT molecular complexity index is 1200. The smallest absolute Gasteiger partial charge is 0.243 e. The topological polar surface area (TPSA) is 113 Å². The molecule has 33 heavy (non-hydrogen) atoms. The summed E-state index contributed by atoms with van der Waals surface area (Å²) < 4.78 is 56.6. The number of ether oxygens (including phenoxy) is 1. The van der Waals surface area contributed by atoms with E-state index in [9.17, 15) is 21.6 Å². The van der Waals surface area contributed by atoms with Crippen molar-refractivity contribution >= 4 is 43.2 Å². The predicted octanol–water partition coefficient (Wildman–Crippen LogP) is 2.25. The van der Waals surface area contributed by atoms with Crippen molar-refractivity contribution in [1.29, 1.82) is 0 Å². The van der Waals surface area contributed by atoms with Crippen LogP contribution in [0.15, 0.2) is 47.4 Å². The van der Waals surface area contributed by atoms with Crippen molar-refractivity contribution in [2.24, 2.45) is 0 Å². The summed E-state index contributed by atoms with van der Waals surface area (Å²) in [4.78, 5) is 12.7. The molecule has 2 rings (SSSR count). The van der Waals surface area contributed by atoms with Gasteiger partial charge in [0.05, 0.1) is 23.4 Å². The van der Waals surface area contributed by atoms with Gasteiger partial charge in [-0.3, -0.25) is 9.10 Å². The molecule has 0 unspecified atom stereocenters. The average Bonchev–Trinajstić information content (AvgIpc) is 2.73. The van der Waals surface area contributed by atoms with Crippen LogP contribution in [0, 0.1) is 6.92 Å². The highest BCUT2D eigenvalue weighted by Crippen LogP contribution is 2.26. The maximum absolute atomic E-state index is 12.6. The van der Waals surface area contributed by atoms with Gasteiger partial charge in [-0.1, -0.05) is 17.7 Å². The van der Waals surface area contributed by atoms with Gasteiger partial charge in [0.1, 0.15) is 18.4 Å². The molecule has 1 atom stereocenters. The standard InChI is InChI=1S/C21H28ClN3O6S2/c1-15-6-7-17(14-20(15)22)25(32(5,27)28)16(2)21(26)23-12-13-31-18-8-10-19(11-9-18)33(29,30)24(3)4/h6-11,14,16H,12-13H2,1-5H3,(H,23,26)/t16-/m0/s1. The number of carbonyl (C=O) groups excluding carboxylic acids is 1. The Balaban J connectivity index is 1.98. The van der Waals surface area contributed by atoms with Crippen LogP contribution < -0.4 is 14.4 Å². The third-order valence-corrected chi connectivity index (χ3v) is 8.25. The number of benzene rings is 2. The van der Waals surface area contributed by atoms with Crippen molar-refractivity contribution in [3.8, 4) is 5.75 Å². The maximum Gasteiger partial charge on any atom is 0.243 e. The number of hydrogen-bond donors (Lipinski definition) is 1. The Hall–Kier alpha value is -2.34. The van der Waals surface area contributed by atoms with Gasteiger partial charge in [0.2, 0.25) is 26.0 Å². The molecular weight excluding hydrogens is 490 g/mol. The zero-order valence-electron chi connectivity index (χ0n) is 19.1. The van der Waals surface area contributed by atoms with E-state index in [1.165, 1.54) is 51.4 Å². The highest BCUT2D eigenvalue weighted by atomic mass is 35.5. The molecule has 0 saturated heterocycles. The second-order valence-electron chi connectivity index (χ2n) is 7.57. The molecule has 2 aromatic rings. The molecule has 12 heteroatoms. The minimum absolute atomic E-state index is 0.105. The number of nitrogens with zero attached hydrogens (tertiary/aromatic N) is 2. The van der Waals surface area contributed by atoms with Gasteiger partial charge in [-0.25, -0.2) is 21.1 Å². The van der Waals surface area contributed by atoms with E-state index in [0.717, 1.165) is 20.4 Å². The molecule has 0 aliphatic carbocycles. The van der Waals surface area contributed by atoms with Gasteiger partial charge in [0, 0.05) is 19.1 Å². The van der Waals surface area contributed by atoms with E-state index in [4.69, 9.17) is 16.3 Å². The number of halogens is 1. The van der Waals surface area contributed by atoms with Gasteiger partial charge in [0.25, 0.3) is 0 Å². The number of nitrogens with one attached hydrogen (secondary N) is 1.